The Balaban J connectivity index is 2.64. The van der Waals surface area contributed by atoms with Crippen molar-refractivity contribution in [3.8, 4) is 0 Å². The van der Waals surface area contributed by atoms with Crippen LogP contribution in [0.2, 0.25) is 0 Å². The zero-order valence-electron chi connectivity index (χ0n) is 15.6. The second-order valence-electron chi connectivity index (χ2n) is 5.96. The van der Waals surface area contributed by atoms with E-state index in [0.29, 0.717) is 18.4 Å². The summed E-state index contributed by atoms with van der Waals surface area (Å²) < 4.78 is 5.40. The van der Waals surface area contributed by atoms with Gasteiger partial charge in [-0.2, -0.15) is 0 Å². The van der Waals surface area contributed by atoms with E-state index in [2.05, 4.69) is 41.6 Å². The first-order chi connectivity index (χ1) is 11.5. The molecule has 0 aliphatic rings. The Labute approximate surface area is 144 Å². The van der Waals surface area contributed by atoms with Crippen LogP contribution in [0.1, 0.15) is 57.4 Å². The molecule has 0 spiro atoms. The van der Waals surface area contributed by atoms with E-state index in [1.807, 2.05) is 6.07 Å². The average molecular weight is 337 g/mol. The van der Waals surface area contributed by atoms with Gasteiger partial charge in [-0.15, -0.1) is 0 Å². The van der Waals surface area contributed by atoms with E-state index in [-0.39, 0.29) is 12.5 Å². The van der Waals surface area contributed by atoms with E-state index in [4.69, 9.17) is 4.52 Å². The lowest BCUT2D eigenvalue weighted by Gasteiger charge is -2.12. The summed E-state index contributed by atoms with van der Waals surface area (Å²) >= 11 is 0. The number of hydrogen-bond donors (Lipinski definition) is 2. The van der Waals surface area contributed by atoms with Crippen molar-refractivity contribution in [2.24, 2.45) is 4.99 Å². The highest BCUT2D eigenvalue weighted by Gasteiger charge is 2.13. The third-order valence-corrected chi connectivity index (χ3v) is 3.82. The van der Waals surface area contributed by atoms with Crippen LogP contribution in [0.3, 0.4) is 0 Å². The molecule has 0 bridgehead atoms. The molecular weight excluding hydrogens is 306 g/mol. The Morgan fingerprint density at radius 3 is 2.58 bits per heavy atom. The van der Waals surface area contributed by atoms with Gasteiger partial charge in [0.2, 0.25) is 5.91 Å². The van der Waals surface area contributed by atoms with Crippen LogP contribution < -0.4 is 10.6 Å². The predicted molar refractivity (Wildman–Crippen MR) is 96.0 cm³/mol. The largest absolute Gasteiger partial charge is 0.359 e. The molecule has 0 unspecified atom stereocenters. The summed E-state index contributed by atoms with van der Waals surface area (Å²) in [6, 6.07) is 1.99. The molecule has 1 rings (SSSR count). The number of guanidine groups is 1. The Bertz CT molecular complexity index is 521. The lowest BCUT2D eigenvalue weighted by atomic mass is 9.99. The molecule has 0 radical (unpaired) electrons. The zero-order valence-corrected chi connectivity index (χ0v) is 15.6. The van der Waals surface area contributed by atoms with Crippen molar-refractivity contribution in [1.29, 1.82) is 0 Å². The lowest BCUT2D eigenvalue weighted by Crippen LogP contribution is -2.38. The Hall–Kier alpha value is -2.05. The summed E-state index contributed by atoms with van der Waals surface area (Å²) in [5.74, 6) is 1.77. The van der Waals surface area contributed by atoms with Gasteiger partial charge in [-0.3, -0.25) is 4.79 Å². The number of nitrogens with one attached hydrogen (secondary N) is 2. The van der Waals surface area contributed by atoms with Crippen LogP contribution in [0.5, 0.6) is 0 Å². The standard InChI is InChI=1S/C17H31N5O2/c1-6-9-18-17(20-12-16(23)22(4)5)19-11-14-10-15(21-24-14)13(7-2)8-3/h10,13H,6-9,11-12H2,1-5H3,(H2,18,19,20). The molecule has 1 aromatic rings. The van der Waals surface area contributed by atoms with Gasteiger partial charge in [0.1, 0.15) is 6.54 Å². The maximum Gasteiger partial charge on any atom is 0.243 e. The predicted octanol–water partition coefficient (Wildman–Crippen LogP) is 2.11. The van der Waals surface area contributed by atoms with Crippen LogP contribution >= 0.6 is 0 Å². The second-order valence-corrected chi connectivity index (χ2v) is 5.96. The molecule has 0 saturated heterocycles. The summed E-state index contributed by atoms with van der Waals surface area (Å²) in [5.41, 5.74) is 1.000. The summed E-state index contributed by atoms with van der Waals surface area (Å²) in [4.78, 5) is 17.5. The van der Waals surface area contributed by atoms with Crippen molar-refractivity contribution >= 4 is 11.9 Å². The van der Waals surface area contributed by atoms with Gasteiger partial charge in [-0.25, -0.2) is 4.99 Å². The van der Waals surface area contributed by atoms with Crippen molar-refractivity contribution in [1.82, 2.24) is 20.7 Å². The highest BCUT2D eigenvalue weighted by atomic mass is 16.5. The summed E-state index contributed by atoms with van der Waals surface area (Å²) in [5, 5.41) is 10.5. The normalized spacial score (nSPS) is 11.7. The molecule has 1 aromatic heterocycles. The van der Waals surface area contributed by atoms with Crippen LogP contribution in [0.15, 0.2) is 15.6 Å². The fourth-order valence-electron chi connectivity index (χ4n) is 2.19. The van der Waals surface area contributed by atoms with Gasteiger partial charge < -0.3 is 20.1 Å². The van der Waals surface area contributed by atoms with E-state index in [0.717, 1.165) is 37.3 Å². The third kappa shape index (κ3) is 6.60. The van der Waals surface area contributed by atoms with E-state index in [9.17, 15) is 4.79 Å². The van der Waals surface area contributed by atoms with Gasteiger partial charge in [-0.1, -0.05) is 25.9 Å². The van der Waals surface area contributed by atoms with E-state index in [1.54, 1.807) is 14.1 Å². The molecule has 0 aromatic carbocycles. The smallest absolute Gasteiger partial charge is 0.243 e. The minimum absolute atomic E-state index is 0.0386. The monoisotopic (exact) mass is 337 g/mol. The van der Waals surface area contributed by atoms with Gasteiger partial charge in [0.15, 0.2) is 11.7 Å². The highest BCUT2D eigenvalue weighted by Crippen LogP contribution is 2.22. The Morgan fingerprint density at radius 2 is 2.00 bits per heavy atom. The number of carbonyl (C=O) groups excluding carboxylic acids is 1. The number of carbonyl (C=O) groups is 1. The Kier molecular flexibility index (Phi) is 8.89. The number of amides is 1. The molecule has 0 aliphatic carbocycles. The van der Waals surface area contributed by atoms with E-state index in [1.165, 1.54) is 4.90 Å². The first kappa shape index (κ1) is 20.0. The molecular formula is C17H31N5O2. The van der Waals surface area contributed by atoms with Crippen molar-refractivity contribution in [3.63, 3.8) is 0 Å². The molecule has 2 N–H and O–H groups in total. The fourth-order valence-corrected chi connectivity index (χ4v) is 2.19. The molecule has 7 heteroatoms. The number of likely N-dealkylation sites (N-methyl/N-ethyl adjacent to an activating group) is 1. The van der Waals surface area contributed by atoms with Crippen LogP contribution in [-0.2, 0) is 11.3 Å². The minimum atomic E-state index is -0.0386. The van der Waals surface area contributed by atoms with Gasteiger partial charge in [0.05, 0.1) is 12.2 Å². The number of aromatic nitrogens is 1. The number of nitrogens with zero attached hydrogens (tertiary/aromatic N) is 3. The third-order valence-electron chi connectivity index (χ3n) is 3.82. The molecule has 0 saturated carbocycles. The first-order valence-corrected chi connectivity index (χ1v) is 8.69. The second kappa shape index (κ2) is 10.7. The summed E-state index contributed by atoms with van der Waals surface area (Å²) in [7, 11) is 3.44. The number of aliphatic imine (C=N–C) groups is 1. The zero-order chi connectivity index (χ0) is 17.9. The molecule has 24 heavy (non-hydrogen) atoms. The van der Waals surface area contributed by atoms with Crippen LogP contribution in [0.25, 0.3) is 0 Å². The lowest BCUT2D eigenvalue weighted by molar-refractivity contribution is -0.127. The molecule has 7 nitrogen and oxygen atoms in total. The van der Waals surface area contributed by atoms with Crippen molar-refractivity contribution in [3.05, 3.63) is 17.5 Å². The maximum absolute atomic E-state index is 11.7. The maximum atomic E-state index is 11.7. The SMILES string of the molecule is CCCNC(=NCC(=O)N(C)C)NCc1cc(C(CC)CC)no1. The van der Waals surface area contributed by atoms with Crippen LogP contribution in [0, 0.1) is 0 Å². The van der Waals surface area contributed by atoms with E-state index >= 15 is 0 Å². The fraction of sp³-hybridized carbons (Fsp3) is 0.706. The van der Waals surface area contributed by atoms with Gasteiger partial charge in [0.25, 0.3) is 0 Å². The topological polar surface area (TPSA) is 82.8 Å². The molecule has 0 aliphatic heterocycles. The van der Waals surface area contributed by atoms with Crippen molar-refractivity contribution < 1.29 is 9.32 Å². The molecule has 136 valence electrons. The molecule has 1 heterocycles. The number of hydrogen-bond acceptors (Lipinski definition) is 4. The summed E-state index contributed by atoms with van der Waals surface area (Å²) in [6.07, 6.45) is 3.07. The number of rotatable bonds is 9. The van der Waals surface area contributed by atoms with Gasteiger partial charge in [-0.05, 0) is 19.3 Å². The summed E-state index contributed by atoms with van der Waals surface area (Å²) in [6.45, 7) is 7.77. The van der Waals surface area contributed by atoms with Crippen LogP contribution in [0.4, 0.5) is 0 Å². The molecule has 1 amide bonds. The van der Waals surface area contributed by atoms with Crippen LogP contribution in [-0.4, -0.2) is 49.1 Å². The molecule has 0 atom stereocenters. The first-order valence-electron chi connectivity index (χ1n) is 8.69. The van der Waals surface area contributed by atoms with Gasteiger partial charge in [0, 0.05) is 32.6 Å². The molecule has 0 fully saturated rings. The quantitative estimate of drug-likeness (QED) is 0.533. The van der Waals surface area contributed by atoms with Gasteiger partial charge >= 0.3 is 0 Å². The van der Waals surface area contributed by atoms with Crippen molar-refractivity contribution in [2.75, 3.05) is 27.2 Å². The van der Waals surface area contributed by atoms with Crippen molar-refractivity contribution in [2.45, 2.75) is 52.5 Å². The Morgan fingerprint density at radius 1 is 1.29 bits per heavy atom. The minimum Gasteiger partial charge on any atom is -0.359 e. The van der Waals surface area contributed by atoms with E-state index < -0.39 is 0 Å². The average Bonchev–Trinajstić information content (AvgIpc) is 3.03. The highest BCUT2D eigenvalue weighted by molar-refractivity contribution is 5.84.